The summed E-state index contributed by atoms with van der Waals surface area (Å²) >= 11 is 0. The first-order valence-electron chi connectivity index (χ1n) is 7.84. The molecule has 1 aliphatic heterocycles. The molecule has 128 valence electrons. The average Bonchev–Trinajstić information content (AvgIpc) is 2.64. The molecule has 0 bridgehead atoms. The normalized spacial score (nSPS) is 17.0. The number of hydrogen-bond acceptors (Lipinski definition) is 4. The zero-order valence-corrected chi connectivity index (χ0v) is 13.3. The number of rotatable bonds is 3. The van der Waals surface area contributed by atoms with E-state index < -0.39 is 11.6 Å². The Bertz CT molecular complexity index is 835. The van der Waals surface area contributed by atoms with Crippen LogP contribution in [-0.2, 0) is 0 Å². The molecule has 1 aliphatic rings. The van der Waals surface area contributed by atoms with Crippen LogP contribution in [0.2, 0.25) is 0 Å². The number of carbonyl (C=O) groups is 1. The lowest BCUT2D eigenvalue weighted by Crippen LogP contribution is -2.44. The smallest absolute Gasteiger partial charge is 0.254 e. The molecule has 0 saturated carbocycles. The summed E-state index contributed by atoms with van der Waals surface area (Å²) in [7, 11) is 0. The monoisotopic (exact) mass is 343 g/mol. The summed E-state index contributed by atoms with van der Waals surface area (Å²) in [6, 6.07) is 8.24. The predicted octanol–water partition coefficient (Wildman–Crippen LogP) is 2.92. The number of pyridine rings is 1. The molecular weight excluding hydrogens is 328 g/mol. The minimum atomic E-state index is -1.05. The summed E-state index contributed by atoms with van der Waals surface area (Å²) in [5.41, 5.74) is 0.541. The molecule has 3 rings (SSSR count). The van der Waals surface area contributed by atoms with Crippen molar-refractivity contribution < 1.29 is 18.3 Å². The van der Waals surface area contributed by atoms with Gasteiger partial charge in [0.2, 0.25) is 5.88 Å². The fourth-order valence-corrected chi connectivity index (χ4v) is 2.74. The van der Waals surface area contributed by atoms with E-state index in [-0.39, 0.29) is 17.6 Å². The molecule has 1 atom stereocenters. The zero-order chi connectivity index (χ0) is 17.8. The quantitative estimate of drug-likeness (QED) is 0.859. The van der Waals surface area contributed by atoms with E-state index in [1.165, 1.54) is 18.3 Å². The van der Waals surface area contributed by atoms with Gasteiger partial charge in [0.1, 0.15) is 6.10 Å². The fraction of sp³-hybridized carbons (Fsp3) is 0.278. The summed E-state index contributed by atoms with van der Waals surface area (Å²) in [4.78, 5) is 18.1. The van der Waals surface area contributed by atoms with Crippen LogP contribution in [0.5, 0.6) is 5.88 Å². The second-order valence-corrected chi connectivity index (χ2v) is 5.76. The van der Waals surface area contributed by atoms with Crippen molar-refractivity contribution in [2.24, 2.45) is 0 Å². The minimum absolute atomic E-state index is 0.101. The Labute approximate surface area is 143 Å². The molecule has 1 saturated heterocycles. The Balaban J connectivity index is 1.69. The van der Waals surface area contributed by atoms with E-state index in [9.17, 15) is 13.6 Å². The van der Waals surface area contributed by atoms with E-state index in [1.54, 1.807) is 11.0 Å². The van der Waals surface area contributed by atoms with Gasteiger partial charge in [-0.1, -0.05) is 0 Å². The molecule has 5 nitrogen and oxygen atoms in total. The second kappa shape index (κ2) is 7.26. The second-order valence-electron chi connectivity index (χ2n) is 5.76. The number of nitriles is 1. The van der Waals surface area contributed by atoms with E-state index in [4.69, 9.17) is 10.00 Å². The predicted molar refractivity (Wildman–Crippen MR) is 84.9 cm³/mol. The number of carbonyl (C=O) groups excluding carboxylic acids is 1. The van der Waals surface area contributed by atoms with Crippen LogP contribution < -0.4 is 4.74 Å². The van der Waals surface area contributed by atoms with E-state index in [0.717, 1.165) is 25.0 Å². The van der Waals surface area contributed by atoms with E-state index >= 15 is 0 Å². The maximum absolute atomic E-state index is 13.3. The van der Waals surface area contributed by atoms with Crippen LogP contribution in [0.25, 0.3) is 0 Å². The molecule has 1 aromatic carbocycles. The molecule has 0 aliphatic carbocycles. The lowest BCUT2D eigenvalue weighted by Gasteiger charge is -2.32. The zero-order valence-electron chi connectivity index (χ0n) is 13.3. The Morgan fingerprint density at radius 1 is 1.28 bits per heavy atom. The summed E-state index contributed by atoms with van der Waals surface area (Å²) in [6.45, 7) is 0.833. The third kappa shape index (κ3) is 3.91. The van der Waals surface area contributed by atoms with Gasteiger partial charge in [-0.15, -0.1) is 0 Å². The molecule has 0 spiro atoms. The number of piperidine rings is 1. The SMILES string of the molecule is N#Cc1ccnc(O[C@@H]2CCCN(C(=O)c3ccc(F)c(F)c3)C2)c1. The molecular formula is C18H15F2N3O2. The van der Waals surface area contributed by atoms with Crippen LogP contribution in [-0.4, -0.2) is 35.0 Å². The molecule has 2 aromatic rings. The van der Waals surface area contributed by atoms with E-state index in [2.05, 4.69) is 4.98 Å². The van der Waals surface area contributed by atoms with Crippen LogP contribution in [0.1, 0.15) is 28.8 Å². The number of amides is 1. The molecule has 0 unspecified atom stereocenters. The molecule has 2 heterocycles. The number of halogens is 2. The summed E-state index contributed by atoms with van der Waals surface area (Å²) in [6.07, 6.45) is 2.67. The lowest BCUT2D eigenvalue weighted by molar-refractivity contribution is 0.0527. The van der Waals surface area contributed by atoms with Gasteiger partial charge in [0, 0.05) is 24.4 Å². The van der Waals surface area contributed by atoms with Crippen molar-refractivity contribution in [3.63, 3.8) is 0 Å². The Hall–Kier alpha value is -3.01. The topological polar surface area (TPSA) is 66.2 Å². The van der Waals surface area contributed by atoms with Crippen molar-refractivity contribution in [1.82, 2.24) is 9.88 Å². The van der Waals surface area contributed by atoms with Crippen molar-refractivity contribution in [2.75, 3.05) is 13.1 Å². The number of hydrogen-bond donors (Lipinski definition) is 0. The van der Waals surface area contributed by atoms with Gasteiger partial charge in [0.15, 0.2) is 11.6 Å². The van der Waals surface area contributed by atoms with Gasteiger partial charge in [-0.25, -0.2) is 13.8 Å². The average molecular weight is 343 g/mol. The third-order valence-corrected chi connectivity index (χ3v) is 3.98. The van der Waals surface area contributed by atoms with Crippen molar-refractivity contribution in [3.05, 3.63) is 59.3 Å². The molecule has 1 aromatic heterocycles. The highest BCUT2D eigenvalue weighted by Gasteiger charge is 2.26. The van der Waals surface area contributed by atoms with E-state index in [1.807, 2.05) is 6.07 Å². The largest absolute Gasteiger partial charge is 0.472 e. The number of aromatic nitrogens is 1. The molecule has 25 heavy (non-hydrogen) atoms. The van der Waals surface area contributed by atoms with Crippen molar-refractivity contribution in [2.45, 2.75) is 18.9 Å². The first-order valence-corrected chi connectivity index (χ1v) is 7.84. The van der Waals surface area contributed by atoms with Gasteiger partial charge in [0.05, 0.1) is 18.2 Å². The Kier molecular flexibility index (Phi) is 4.89. The van der Waals surface area contributed by atoms with Crippen LogP contribution in [0.15, 0.2) is 36.5 Å². The number of ether oxygens (including phenoxy) is 1. The standard InChI is InChI=1S/C18H15F2N3O2/c19-15-4-3-13(9-16(15)20)18(24)23-7-1-2-14(11-23)25-17-8-12(10-21)5-6-22-17/h3-6,8-9,14H,1-2,7,11H2/t14-/m1/s1. The highest BCUT2D eigenvalue weighted by molar-refractivity contribution is 5.94. The van der Waals surface area contributed by atoms with E-state index in [0.29, 0.717) is 24.5 Å². The van der Waals surface area contributed by atoms with Crippen molar-refractivity contribution in [3.8, 4) is 11.9 Å². The maximum atomic E-state index is 13.3. The summed E-state index contributed by atoms with van der Waals surface area (Å²) < 4.78 is 32.1. The fourth-order valence-electron chi connectivity index (χ4n) is 2.74. The molecule has 1 fully saturated rings. The molecule has 1 amide bonds. The Morgan fingerprint density at radius 2 is 2.12 bits per heavy atom. The number of benzene rings is 1. The van der Waals surface area contributed by atoms with Crippen LogP contribution in [0, 0.1) is 23.0 Å². The highest BCUT2D eigenvalue weighted by atomic mass is 19.2. The van der Waals surface area contributed by atoms with Crippen LogP contribution >= 0.6 is 0 Å². The van der Waals surface area contributed by atoms with Crippen molar-refractivity contribution >= 4 is 5.91 Å². The first-order chi connectivity index (χ1) is 12.1. The van der Waals surface area contributed by atoms with Gasteiger partial charge in [-0.05, 0) is 37.1 Å². The number of likely N-dealkylation sites (tertiary alicyclic amines) is 1. The third-order valence-electron chi connectivity index (χ3n) is 3.98. The Morgan fingerprint density at radius 3 is 2.88 bits per heavy atom. The molecule has 0 radical (unpaired) electrons. The van der Waals surface area contributed by atoms with Crippen molar-refractivity contribution in [1.29, 1.82) is 5.26 Å². The van der Waals surface area contributed by atoms with Gasteiger partial charge in [0.25, 0.3) is 5.91 Å². The van der Waals surface area contributed by atoms with Gasteiger partial charge in [-0.3, -0.25) is 4.79 Å². The molecule has 7 heteroatoms. The summed E-state index contributed by atoms with van der Waals surface area (Å²) in [5, 5.41) is 8.91. The lowest BCUT2D eigenvalue weighted by atomic mass is 10.1. The maximum Gasteiger partial charge on any atom is 0.254 e. The van der Waals surface area contributed by atoms with Gasteiger partial charge < -0.3 is 9.64 Å². The first kappa shape index (κ1) is 16.8. The van der Waals surface area contributed by atoms with Crippen LogP contribution in [0.4, 0.5) is 8.78 Å². The van der Waals surface area contributed by atoms with Crippen LogP contribution in [0.3, 0.4) is 0 Å². The van der Waals surface area contributed by atoms with Gasteiger partial charge >= 0.3 is 0 Å². The molecule has 0 N–H and O–H groups in total. The summed E-state index contributed by atoms with van der Waals surface area (Å²) in [5.74, 6) is -2.08. The minimum Gasteiger partial charge on any atom is -0.472 e. The number of nitrogens with zero attached hydrogens (tertiary/aromatic N) is 3. The highest BCUT2D eigenvalue weighted by Crippen LogP contribution is 2.20. The van der Waals surface area contributed by atoms with Gasteiger partial charge in [-0.2, -0.15) is 5.26 Å².